The number of thiazole rings is 1. The topological polar surface area (TPSA) is 28.2 Å². The van der Waals surface area contributed by atoms with E-state index in [1.165, 1.54) is 14.2 Å². The van der Waals surface area contributed by atoms with Crippen molar-refractivity contribution in [3.05, 3.63) is 31.9 Å². The number of aromatic nitrogens is 1. The minimum atomic E-state index is 0.899. The lowest BCUT2D eigenvalue weighted by atomic mass is 10.3. The fraction of sp³-hybridized carbons (Fsp3) is 0.417. The van der Waals surface area contributed by atoms with Crippen molar-refractivity contribution in [2.45, 2.75) is 20.0 Å². The molecule has 0 aliphatic rings. The molecular formula is C12H16BrN3S2. The SMILES string of the molecule is CCNCc1cnc(N(C)Cc2csc(Br)c2)s1. The molecule has 0 saturated carbocycles. The van der Waals surface area contributed by atoms with Crippen LogP contribution < -0.4 is 10.2 Å². The summed E-state index contributed by atoms with van der Waals surface area (Å²) in [5.74, 6) is 0. The van der Waals surface area contributed by atoms with Gasteiger partial charge in [-0.1, -0.05) is 6.92 Å². The van der Waals surface area contributed by atoms with Crippen LogP contribution in [0.3, 0.4) is 0 Å². The number of nitrogens with zero attached hydrogens (tertiary/aromatic N) is 2. The van der Waals surface area contributed by atoms with Gasteiger partial charge in [-0.3, -0.25) is 0 Å². The molecule has 2 aromatic heterocycles. The van der Waals surface area contributed by atoms with Crippen LogP contribution in [0, 0.1) is 0 Å². The molecule has 98 valence electrons. The van der Waals surface area contributed by atoms with Crippen molar-refractivity contribution in [2.24, 2.45) is 0 Å². The number of thiophene rings is 1. The lowest BCUT2D eigenvalue weighted by Gasteiger charge is -2.14. The Morgan fingerprint density at radius 2 is 2.33 bits per heavy atom. The lowest BCUT2D eigenvalue weighted by Crippen LogP contribution is -2.15. The number of halogens is 1. The van der Waals surface area contributed by atoms with Gasteiger partial charge < -0.3 is 10.2 Å². The van der Waals surface area contributed by atoms with E-state index in [1.807, 2.05) is 6.20 Å². The Bertz CT molecular complexity index is 495. The van der Waals surface area contributed by atoms with E-state index in [0.29, 0.717) is 0 Å². The molecule has 0 unspecified atom stereocenters. The number of anilines is 1. The van der Waals surface area contributed by atoms with Crippen molar-refractivity contribution in [1.82, 2.24) is 10.3 Å². The van der Waals surface area contributed by atoms with E-state index >= 15 is 0 Å². The second kappa shape index (κ2) is 6.65. The van der Waals surface area contributed by atoms with Crippen molar-refractivity contribution in [1.29, 1.82) is 0 Å². The van der Waals surface area contributed by atoms with Gasteiger partial charge in [-0.2, -0.15) is 0 Å². The van der Waals surface area contributed by atoms with E-state index in [9.17, 15) is 0 Å². The van der Waals surface area contributed by atoms with Crippen LogP contribution in [0.1, 0.15) is 17.4 Å². The molecule has 2 rings (SSSR count). The zero-order chi connectivity index (χ0) is 13.0. The van der Waals surface area contributed by atoms with Crippen LogP contribution in [0.5, 0.6) is 0 Å². The van der Waals surface area contributed by atoms with Crippen molar-refractivity contribution in [3.8, 4) is 0 Å². The highest BCUT2D eigenvalue weighted by Gasteiger charge is 2.08. The number of hydrogen-bond donors (Lipinski definition) is 1. The van der Waals surface area contributed by atoms with Gasteiger partial charge in [0.05, 0.1) is 3.79 Å². The van der Waals surface area contributed by atoms with Gasteiger partial charge in [0.25, 0.3) is 0 Å². The van der Waals surface area contributed by atoms with Crippen LogP contribution in [0.4, 0.5) is 5.13 Å². The Hall–Kier alpha value is -0.430. The molecule has 0 radical (unpaired) electrons. The summed E-state index contributed by atoms with van der Waals surface area (Å²) >= 11 is 6.96. The molecule has 0 fully saturated rings. The highest BCUT2D eigenvalue weighted by Crippen LogP contribution is 2.25. The smallest absolute Gasteiger partial charge is 0.185 e. The summed E-state index contributed by atoms with van der Waals surface area (Å²) in [6.07, 6.45) is 1.96. The summed E-state index contributed by atoms with van der Waals surface area (Å²) in [7, 11) is 2.08. The van der Waals surface area contributed by atoms with Crippen LogP contribution in [0.15, 0.2) is 21.4 Å². The van der Waals surface area contributed by atoms with Gasteiger partial charge in [-0.05, 0) is 39.5 Å². The highest BCUT2D eigenvalue weighted by atomic mass is 79.9. The molecule has 6 heteroatoms. The molecule has 0 aromatic carbocycles. The monoisotopic (exact) mass is 345 g/mol. The summed E-state index contributed by atoms with van der Waals surface area (Å²) in [6, 6.07) is 2.16. The second-order valence-electron chi connectivity index (χ2n) is 4.00. The first kappa shape index (κ1) is 14.0. The van der Waals surface area contributed by atoms with Gasteiger partial charge in [-0.25, -0.2) is 4.98 Å². The third-order valence-electron chi connectivity index (χ3n) is 2.46. The van der Waals surface area contributed by atoms with Crippen LogP contribution in [-0.4, -0.2) is 18.6 Å². The highest BCUT2D eigenvalue weighted by molar-refractivity contribution is 9.11. The first-order valence-corrected chi connectivity index (χ1v) is 8.27. The summed E-state index contributed by atoms with van der Waals surface area (Å²) in [5, 5.41) is 6.57. The maximum Gasteiger partial charge on any atom is 0.185 e. The predicted molar refractivity (Wildman–Crippen MR) is 83.6 cm³/mol. The molecule has 2 aromatic rings. The Balaban J connectivity index is 1.96. The minimum Gasteiger partial charge on any atom is -0.347 e. The largest absolute Gasteiger partial charge is 0.347 e. The number of rotatable bonds is 6. The van der Waals surface area contributed by atoms with Crippen LogP contribution in [0.25, 0.3) is 0 Å². The van der Waals surface area contributed by atoms with Gasteiger partial charge >= 0.3 is 0 Å². The first-order valence-electron chi connectivity index (χ1n) is 5.78. The summed E-state index contributed by atoms with van der Waals surface area (Å²) in [4.78, 5) is 7.94. The molecule has 0 aliphatic carbocycles. The van der Waals surface area contributed by atoms with Crippen molar-refractivity contribution >= 4 is 43.7 Å². The van der Waals surface area contributed by atoms with E-state index in [2.05, 4.69) is 56.5 Å². The lowest BCUT2D eigenvalue weighted by molar-refractivity contribution is 0.734. The molecule has 0 bridgehead atoms. The molecular weight excluding hydrogens is 330 g/mol. The normalized spacial score (nSPS) is 10.8. The third-order valence-corrected chi connectivity index (χ3v) is 5.12. The number of nitrogens with one attached hydrogen (secondary N) is 1. The van der Waals surface area contributed by atoms with Crippen LogP contribution in [0.2, 0.25) is 0 Å². The Labute approximate surface area is 124 Å². The molecule has 0 amide bonds. The molecule has 0 spiro atoms. The molecule has 2 heterocycles. The zero-order valence-electron chi connectivity index (χ0n) is 10.4. The fourth-order valence-electron chi connectivity index (χ4n) is 1.57. The maximum atomic E-state index is 4.47. The minimum absolute atomic E-state index is 0.899. The van der Waals surface area contributed by atoms with Gasteiger partial charge in [0.15, 0.2) is 5.13 Å². The van der Waals surface area contributed by atoms with E-state index < -0.39 is 0 Å². The van der Waals surface area contributed by atoms with Crippen molar-refractivity contribution in [3.63, 3.8) is 0 Å². The second-order valence-corrected chi connectivity index (χ2v) is 7.39. The standard InChI is InChI=1S/C12H16BrN3S2/c1-3-14-5-10-6-15-12(18-10)16(2)7-9-4-11(13)17-8-9/h4,6,8,14H,3,5,7H2,1-2H3. The van der Waals surface area contributed by atoms with E-state index in [0.717, 1.165) is 24.8 Å². The predicted octanol–water partition coefficient (Wildman–Crippen LogP) is 3.71. The Morgan fingerprint density at radius 1 is 1.50 bits per heavy atom. The molecule has 0 saturated heterocycles. The Kier molecular flexibility index (Phi) is 5.17. The van der Waals surface area contributed by atoms with Crippen LogP contribution >= 0.6 is 38.6 Å². The van der Waals surface area contributed by atoms with Gasteiger partial charge in [-0.15, -0.1) is 22.7 Å². The molecule has 0 atom stereocenters. The number of hydrogen-bond acceptors (Lipinski definition) is 5. The van der Waals surface area contributed by atoms with Gasteiger partial charge in [0.2, 0.25) is 0 Å². The van der Waals surface area contributed by atoms with Crippen LogP contribution in [-0.2, 0) is 13.1 Å². The van der Waals surface area contributed by atoms with E-state index in [4.69, 9.17) is 0 Å². The quantitative estimate of drug-likeness (QED) is 0.864. The summed E-state index contributed by atoms with van der Waals surface area (Å²) in [5.41, 5.74) is 1.32. The fourth-order valence-corrected chi connectivity index (χ4v) is 3.61. The van der Waals surface area contributed by atoms with Gasteiger partial charge in [0.1, 0.15) is 0 Å². The zero-order valence-corrected chi connectivity index (χ0v) is 13.7. The van der Waals surface area contributed by atoms with Crippen molar-refractivity contribution < 1.29 is 0 Å². The molecule has 1 N–H and O–H groups in total. The van der Waals surface area contributed by atoms with Crippen molar-refractivity contribution in [2.75, 3.05) is 18.5 Å². The first-order chi connectivity index (χ1) is 8.69. The third kappa shape index (κ3) is 3.78. The van der Waals surface area contributed by atoms with Gasteiger partial charge in [0, 0.05) is 31.2 Å². The summed E-state index contributed by atoms with van der Waals surface area (Å²) < 4.78 is 1.18. The summed E-state index contributed by atoms with van der Waals surface area (Å²) in [6.45, 7) is 4.91. The molecule has 18 heavy (non-hydrogen) atoms. The average Bonchev–Trinajstić information content (AvgIpc) is 2.96. The van der Waals surface area contributed by atoms with E-state index in [1.54, 1.807) is 22.7 Å². The maximum absolute atomic E-state index is 4.47. The molecule has 3 nitrogen and oxygen atoms in total. The Morgan fingerprint density at radius 3 is 3.00 bits per heavy atom. The van der Waals surface area contributed by atoms with E-state index in [-0.39, 0.29) is 0 Å². The molecule has 0 aliphatic heterocycles. The average molecular weight is 346 g/mol.